The highest BCUT2D eigenvalue weighted by Crippen LogP contribution is 2.30. The standard InChI is InChI=1S/C17H19FN2O2/c1-11-15(12(2)22-19-11)9-17(21)20(14-7-8-14)10-13-5-3-4-6-16(13)18/h3-6,14H,7-10H2,1-2H3. The predicted octanol–water partition coefficient (Wildman–Crippen LogP) is 3.16. The van der Waals surface area contributed by atoms with Gasteiger partial charge in [-0.25, -0.2) is 4.39 Å². The summed E-state index contributed by atoms with van der Waals surface area (Å²) >= 11 is 0. The van der Waals surface area contributed by atoms with Gasteiger partial charge in [-0.1, -0.05) is 23.4 Å². The molecule has 1 aliphatic rings. The van der Waals surface area contributed by atoms with Crippen LogP contribution in [0.4, 0.5) is 4.39 Å². The van der Waals surface area contributed by atoms with Crippen molar-refractivity contribution in [1.29, 1.82) is 0 Å². The van der Waals surface area contributed by atoms with Crippen LogP contribution in [-0.2, 0) is 17.8 Å². The highest BCUT2D eigenvalue weighted by molar-refractivity contribution is 5.79. The average Bonchev–Trinajstić information content (AvgIpc) is 3.28. The van der Waals surface area contributed by atoms with Crippen LogP contribution >= 0.6 is 0 Å². The summed E-state index contributed by atoms with van der Waals surface area (Å²) in [5.41, 5.74) is 2.14. The SMILES string of the molecule is Cc1noc(C)c1CC(=O)N(Cc1ccccc1F)C1CC1. The van der Waals surface area contributed by atoms with Crippen LogP contribution in [0, 0.1) is 19.7 Å². The Balaban J connectivity index is 1.77. The third kappa shape index (κ3) is 3.03. The Morgan fingerprint density at radius 1 is 1.36 bits per heavy atom. The highest BCUT2D eigenvalue weighted by atomic mass is 19.1. The van der Waals surface area contributed by atoms with E-state index >= 15 is 0 Å². The molecule has 1 amide bonds. The number of nitrogens with zero attached hydrogens (tertiary/aromatic N) is 2. The third-order valence-electron chi connectivity index (χ3n) is 4.12. The zero-order valence-electron chi connectivity index (χ0n) is 12.8. The summed E-state index contributed by atoms with van der Waals surface area (Å²) < 4.78 is 18.9. The second-order valence-corrected chi connectivity index (χ2v) is 5.82. The van der Waals surface area contributed by atoms with Gasteiger partial charge in [0.1, 0.15) is 11.6 Å². The molecule has 116 valence electrons. The Labute approximate surface area is 128 Å². The minimum Gasteiger partial charge on any atom is -0.361 e. The van der Waals surface area contributed by atoms with Gasteiger partial charge in [0.2, 0.25) is 5.91 Å². The monoisotopic (exact) mass is 302 g/mol. The largest absolute Gasteiger partial charge is 0.361 e. The van der Waals surface area contributed by atoms with Crippen LogP contribution in [0.5, 0.6) is 0 Å². The van der Waals surface area contributed by atoms with E-state index in [0.29, 0.717) is 17.9 Å². The molecule has 1 fully saturated rings. The molecule has 1 saturated carbocycles. The number of aryl methyl sites for hydroxylation is 2. The molecule has 0 spiro atoms. The molecule has 0 atom stereocenters. The number of halogens is 1. The van der Waals surface area contributed by atoms with E-state index in [9.17, 15) is 9.18 Å². The second-order valence-electron chi connectivity index (χ2n) is 5.82. The first-order chi connectivity index (χ1) is 10.6. The molecule has 1 aliphatic carbocycles. The van der Waals surface area contributed by atoms with E-state index in [2.05, 4.69) is 5.16 Å². The van der Waals surface area contributed by atoms with Crippen LogP contribution in [0.25, 0.3) is 0 Å². The minimum atomic E-state index is -0.265. The molecule has 0 N–H and O–H groups in total. The van der Waals surface area contributed by atoms with Crippen LogP contribution in [0.3, 0.4) is 0 Å². The van der Waals surface area contributed by atoms with Gasteiger partial charge in [-0.2, -0.15) is 0 Å². The van der Waals surface area contributed by atoms with E-state index in [-0.39, 0.29) is 24.2 Å². The lowest BCUT2D eigenvalue weighted by Crippen LogP contribution is -2.34. The van der Waals surface area contributed by atoms with Crippen molar-refractivity contribution in [3.05, 3.63) is 52.7 Å². The third-order valence-corrected chi connectivity index (χ3v) is 4.12. The first-order valence-electron chi connectivity index (χ1n) is 7.51. The van der Waals surface area contributed by atoms with Crippen LogP contribution in [-0.4, -0.2) is 22.0 Å². The molecule has 4 nitrogen and oxygen atoms in total. The molecule has 0 unspecified atom stereocenters. The van der Waals surface area contributed by atoms with Gasteiger partial charge in [0.25, 0.3) is 0 Å². The number of aromatic nitrogens is 1. The molecule has 2 aromatic rings. The summed E-state index contributed by atoms with van der Waals surface area (Å²) in [5.74, 6) is 0.408. The van der Waals surface area contributed by atoms with E-state index in [1.807, 2.05) is 6.92 Å². The van der Waals surface area contributed by atoms with E-state index in [0.717, 1.165) is 24.1 Å². The Bertz CT molecular complexity index is 672. The molecule has 1 aromatic heterocycles. The fourth-order valence-electron chi connectivity index (χ4n) is 2.62. The maximum Gasteiger partial charge on any atom is 0.227 e. The molecule has 0 radical (unpaired) electrons. The number of hydrogen-bond acceptors (Lipinski definition) is 3. The minimum absolute atomic E-state index is 0.000142. The summed E-state index contributed by atoms with van der Waals surface area (Å²) in [6, 6.07) is 6.84. The van der Waals surface area contributed by atoms with E-state index < -0.39 is 0 Å². The Morgan fingerprint density at radius 2 is 2.09 bits per heavy atom. The lowest BCUT2D eigenvalue weighted by Gasteiger charge is -2.23. The van der Waals surface area contributed by atoms with Crippen molar-refractivity contribution < 1.29 is 13.7 Å². The fraction of sp³-hybridized carbons (Fsp3) is 0.412. The zero-order chi connectivity index (χ0) is 15.7. The van der Waals surface area contributed by atoms with Crippen LogP contribution in [0.1, 0.15) is 35.4 Å². The molecule has 22 heavy (non-hydrogen) atoms. The van der Waals surface area contributed by atoms with Crippen molar-refractivity contribution in [1.82, 2.24) is 10.1 Å². The quantitative estimate of drug-likeness (QED) is 0.852. The number of benzene rings is 1. The number of carbonyl (C=O) groups excluding carboxylic acids is 1. The second kappa shape index (κ2) is 5.91. The van der Waals surface area contributed by atoms with Crippen molar-refractivity contribution in [3.8, 4) is 0 Å². The average molecular weight is 302 g/mol. The normalized spacial score (nSPS) is 14.1. The maximum atomic E-state index is 13.8. The van der Waals surface area contributed by atoms with Crippen molar-refractivity contribution in [3.63, 3.8) is 0 Å². The van der Waals surface area contributed by atoms with Gasteiger partial charge in [0, 0.05) is 23.7 Å². The molecule has 5 heteroatoms. The molecule has 1 aromatic carbocycles. The number of carbonyl (C=O) groups is 1. The number of rotatable bonds is 5. The first-order valence-corrected chi connectivity index (χ1v) is 7.51. The Morgan fingerprint density at radius 3 is 2.68 bits per heavy atom. The van der Waals surface area contributed by atoms with Crippen molar-refractivity contribution in [2.45, 2.75) is 45.7 Å². The molecular weight excluding hydrogens is 283 g/mol. The first kappa shape index (κ1) is 14.8. The molecule has 0 bridgehead atoms. The van der Waals surface area contributed by atoms with Gasteiger partial charge in [0.15, 0.2) is 0 Å². The van der Waals surface area contributed by atoms with Gasteiger partial charge in [-0.05, 0) is 32.8 Å². The zero-order valence-corrected chi connectivity index (χ0v) is 12.8. The van der Waals surface area contributed by atoms with Crippen molar-refractivity contribution in [2.75, 3.05) is 0 Å². The fourth-order valence-corrected chi connectivity index (χ4v) is 2.62. The molecule has 3 rings (SSSR count). The Hall–Kier alpha value is -2.17. The van der Waals surface area contributed by atoms with Gasteiger partial charge >= 0.3 is 0 Å². The van der Waals surface area contributed by atoms with E-state index in [1.165, 1.54) is 6.07 Å². The Kier molecular flexibility index (Phi) is 3.96. The number of amides is 1. The van der Waals surface area contributed by atoms with Gasteiger partial charge in [0.05, 0.1) is 12.1 Å². The number of hydrogen-bond donors (Lipinski definition) is 0. The van der Waals surface area contributed by atoms with Gasteiger partial charge in [-0.3, -0.25) is 4.79 Å². The van der Waals surface area contributed by atoms with Crippen LogP contribution in [0.15, 0.2) is 28.8 Å². The topological polar surface area (TPSA) is 46.3 Å². The summed E-state index contributed by atoms with van der Waals surface area (Å²) in [5, 5.41) is 3.88. The van der Waals surface area contributed by atoms with Crippen LogP contribution in [0.2, 0.25) is 0 Å². The molecular formula is C17H19FN2O2. The smallest absolute Gasteiger partial charge is 0.227 e. The van der Waals surface area contributed by atoms with Crippen molar-refractivity contribution in [2.24, 2.45) is 0 Å². The van der Waals surface area contributed by atoms with Gasteiger partial charge in [-0.15, -0.1) is 0 Å². The van der Waals surface area contributed by atoms with E-state index in [1.54, 1.807) is 30.0 Å². The molecule has 1 heterocycles. The summed E-state index contributed by atoms with van der Waals surface area (Å²) in [6.07, 6.45) is 2.23. The lowest BCUT2D eigenvalue weighted by molar-refractivity contribution is -0.131. The summed E-state index contributed by atoms with van der Waals surface area (Å²) in [7, 11) is 0. The maximum absolute atomic E-state index is 13.8. The van der Waals surface area contributed by atoms with Crippen molar-refractivity contribution >= 4 is 5.91 Å². The summed E-state index contributed by atoms with van der Waals surface area (Å²) in [6.45, 7) is 3.96. The lowest BCUT2D eigenvalue weighted by atomic mass is 10.1. The summed E-state index contributed by atoms with van der Waals surface area (Å²) in [4.78, 5) is 14.4. The predicted molar refractivity (Wildman–Crippen MR) is 79.7 cm³/mol. The van der Waals surface area contributed by atoms with Crippen LogP contribution < -0.4 is 0 Å². The highest BCUT2D eigenvalue weighted by Gasteiger charge is 2.33. The molecule has 0 aliphatic heterocycles. The molecule has 0 saturated heterocycles. The van der Waals surface area contributed by atoms with Gasteiger partial charge < -0.3 is 9.42 Å². The van der Waals surface area contributed by atoms with E-state index in [4.69, 9.17) is 4.52 Å².